The molecular formula is C12H15N3O3S2. The van der Waals surface area contributed by atoms with Crippen molar-refractivity contribution in [2.24, 2.45) is 0 Å². The summed E-state index contributed by atoms with van der Waals surface area (Å²) in [6.07, 6.45) is -0.0185. The first-order chi connectivity index (χ1) is 9.42. The van der Waals surface area contributed by atoms with Crippen molar-refractivity contribution in [2.75, 3.05) is 4.72 Å². The number of aliphatic hydroxyl groups is 1. The van der Waals surface area contributed by atoms with Gasteiger partial charge in [-0.25, -0.2) is 8.42 Å². The number of anilines is 1. The summed E-state index contributed by atoms with van der Waals surface area (Å²) in [6.45, 7) is 3.50. The molecule has 0 aliphatic rings. The SMILES string of the molecule is CCc1nnc(NS(=O)(=O)c2cccc(C(C)O)c2)s1. The molecule has 0 fully saturated rings. The van der Waals surface area contributed by atoms with E-state index in [1.165, 1.54) is 23.5 Å². The van der Waals surface area contributed by atoms with Crippen LogP contribution in [0.3, 0.4) is 0 Å². The van der Waals surface area contributed by atoms with E-state index < -0.39 is 16.1 Å². The Morgan fingerprint density at radius 3 is 2.75 bits per heavy atom. The highest BCUT2D eigenvalue weighted by Gasteiger charge is 2.17. The number of benzene rings is 1. The molecule has 2 rings (SSSR count). The van der Waals surface area contributed by atoms with Crippen LogP contribution in [0.1, 0.15) is 30.5 Å². The molecule has 0 spiro atoms. The molecule has 0 aliphatic heterocycles. The van der Waals surface area contributed by atoms with Gasteiger partial charge in [-0.2, -0.15) is 0 Å². The van der Waals surface area contributed by atoms with Crippen LogP contribution < -0.4 is 4.72 Å². The first kappa shape index (κ1) is 14.9. The largest absolute Gasteiger partial charge is 0.389 e. The molecule has 1 atom stereocenters. The first-order valence-electron chi connectivity index (χ1n) is 6.05. The summed E-state index contributed by atoms with van der Waals surface area (Å²) in [5.74, 6) is 0. The Morgan fingerprint density at radius 1 is 1.40 bits per heavy atom. The fourth-order valence-electron chi connectivity index (χ4n) is 1.55. The molecule has 1 aromatic heterocycles. The Labute approximate surface area is 121 Å². The monoisotopic (exact) mass is 313 g/mol. The van der Waals surface area contributed by atoms with Gasteiger partial charge in [-0.1, -0.05) is 30.4 Å². The molecule has 1 unspecified atom stereocenters. The van der Waals surface area contributed by atoms with Gasteiger partial charge >= 0.3 is 0 Å². The van der Waals surface area contributed by atoms with Crippen LogP contribution in [0.5, 0.6) is 0 Å². The lowest BCUT2D eigenvalue weighted by Gasteiger charge is -2.08. The third-order valence-corrected chi connectivity index (χ3v) is 5.09. The van der Waals surface area contributed by atoms with Crippen molar-refractivity contribution >= 4 is 26.5 Å². The second kappa shape index (κ2) is 5.86. The molecule has 0 bridgehead atoms. The second-order valence-corrected chi connectivity index (χ2v) is 6.95. The number of aliphatic hydroxyl groups excluding tert-OH is 1. The Hall–Kier alpha value is -1.51. The van der Waals surface area contributed by atoms with Crippen LogP contribution >= 0.6 is 11.3 Å². The fraction of sp³-hybridized carbons (Fsp3) is 0.333. The molecule has 0 saturated carbocycles. The average molecular weight is 313 g/mol. The van der Waals surface area contributed by atoms with Crippen LogP contribution in [0.2, 0.25) is 0 Å². The van der Waals surface area contributed by atoms with E-state index in [1.807, 2.05) is 6.92 Å². The third-order valence-electron chi connectivity index (χ3n) is 2.64. The number of aromatic nitrogens is 2. The van der Waals surface area contributed by atoms with Gasteiger partial charge in [-0.05, 0) is 31.0 Å². The summed E-state index contributed by atoms with van der Waals surface area (Å²) in [5, 5.41) is 18.2. The highest BCUT2D eigenvalue weighted by Crippen LogP contribution is 2.22. The fourth-order valence-corrected chi connectivity index (χ4v) is 3.52. The van der Waals surface area contributed by atoms with Crippen LogP contribution in [-0.2, 0) is 16.4 Å². The molecule has 2 N–H and O–H groups in total. The molecule has 6 nitrogen and oxygen atoms in total. The number of nitrogens with zero attached hydrogens (tertiary/aromatic N) is 2. The third kappa shape index (κ3) is 3.33. The van der Waals surface area contributed by atoms with Gasteiger partial charge in [0.1, 0.15) is 5.01 Å². The number of rotatable bonds is 5. The summed E-state index contributed by atoms with van der Waals surface area (Å²) in [7, 11) is -3.72. The zero-order valence-corrected chi connectivity index (χ0v) is 12.7. The van der Waals surface area contributed by atoms with Gasteiger partial charge in [0.25, 0.3) is 10.0 Å². The Balaban J connectivity index is 2.28. The summed E-state index contributed by atoms with van der Waals surface area (Å²) >= 11 is 1.20. The van der Waals surface area contributed by atoms with Crippen molar-refractivity contribution in [3.63, 3.8) is 0 Å². The predicted molar refractivity (Wildman–Crippen MR) is 77.2 cm³/mol. The van der Waals surface area contributed by atoms with E-state index >= 15 is 0 Å². The second-order valence-electron chi connectivity index (χ2n) is 4.21. The van der Waals surface area contributed by atoms with Gasteiger partial charge in [0.2, 0.25) is 5.13 Å². The number of hydrogen-bond donors (Lipinski definition) is 2. The molecular weight excluding hydrogens is 298 g/mol. The molecule has 8 heteroatoms. The van der Waals surface area contributed by atoms with Crippen LogP contribution in [-0.4, -0.2) is 23.7 Å². The van der Waals surface area contributed by atoms with E-state index in [9.17, 15) is 13.5 Å². The van der Waals surface area contributed by atoms with Gasteiger partial charge in [0.15, 0.2) is 0 Å². The van der Waals surface area contributed by atoms with Crippen molar-refractivity contribution in [3.8, 4) is 0 Å². The highest BCUT2D eigenvalue weighted by molar-refractivity contribution is 7.93. The first-order valence-corrected chi connectivity index (χ1v) is 8.35. The Morgan fingerprint density at radius 2 is 2.15 bits per heavy atom. The maximum absolute atomic E-state index is 12.2. The van der Waals surface area contributed by atoms with Crippen molar-refractivity contribution < 1.29 is 13.5 Å². The molecule has 0 saturated heterocycles. The van der Waals surface area contributed by atoms with Crippen LogP contribution in [0.25, 0.3) is 0 Å². The van der Waals surface area contributed by atoms with Crippen molar-refractivity contribution in [3.05, 3.63) is 34.8 Å². The predicted octanol–water partition coefficient (Wildman–Crippen LogP) is 1.95. The van der Waals surface area contributed by atoms with E-state index in [1.54, 1.807) is 19.1 Å². The van der Waals surface area contributed by atoms with Crippen molar-refractivity contribution in [1.29, 1.82) is 0 Å². The Kier molecular flexibility index (Phi) is 4.36. The van der Waals surface area contributed by atoms with E-state index in [0.717, 1.165) is 5.01 Å². The molecule has 1 aromatic carbocycles. The normalized spacial score (nSPS) is 13.2. The smallest absolute Gasteiger partial charge is 0.263 e. The summed E-state index contributed by atoms with van der Waals surface area (Å²) in [5.41, 5.74) is 0.541. The van der Waals surface area contributed by atoms with Crippen LogP contribution in [0.4, 0.5) is 5.13 Å². The van der Waals surface area contributed by atoms with Gasteiger partial charge in [-0.15, -0.1) is 10.2 Å². The number of aryl methyl sites for hydroxylation is 1. The highest BCUT2D eigenvalue weighted by atomic mass is 32.2. The number of sulfonamides is 1. The topological polar surface area (TPSA) is 92.2 Å². The molecule has 108 valence electrons. The van der Waals surface area contributed by atoms with Gasteiger partial charge < -0.3 is 5.11 Å². The van der Waals surface area contributed by atoms with Crippen molar-refractivity contribution in [1.82, 2.24) is 10.2 Å². The average Bonchev–Trinajstić information content (AvgIpc) is 2.86. The minimum absolute atomic E-state index is 0.0872. The maximum atomic E-state index is 12.2. The molecule has 0 amide bonds. The number of hydrogen-bond acceptors (Lipinski definition) is 6. The molecule has 0 radical (unpaired) electrons. The maximum Gasteiger partial charge on any atom is 0.263 e. The van der Waals surface area contributed by atoms with Crippen LogP contribution in [0, 0.1) is 0 Å². The lowest BCUT2D eigenvalue weighted by atomic mass is 10.1. The minimum atomic E-state index is -3.72. The zero-order valence-electron chi connectivity index (χ0n) is 11.1. The standard InChI is InChI=1S/C12H15N3O3S2/c1-3-11-13-14-12(19-11)15-20(17,18)10-6-4-5-9(7-10)8(2)16/h4-8,16H,3H2,1-2H3,(H,14,15). The number of nitrogens with one attached hydrogen (secondary N) is 1. The molecule has 20 heavy (non-hydrogen) atoms. The van der Waals surface area contributed by atoms with E-state index in [-0.39, 0.29) is 10.0 Å². The molecule has 2 aromatic rings. The quantitative estimate of drug-likeness (QED) is 0.880. The zero-order chi connectivity index (χ0) is 14.8. The van der Waals surface area contributed by atoms with E-state index in [2.05, 4.69) is 14.9 Å². The Bertz CT molecular complexity index is 695. The van der Waals surface area contributed by atoms with E-state index in [4.69, 9.17) is 0 Å². The van der Waals surface area contributed by atoms with Gasteiger partial charge in [-0.3, -0.25) is 4.72 Å². The van der Waals surface area contributed by atoms with E-state index in [0.29, 0.717) is 12.0 Å². The van der Waals surface area contributed by atoms with Crippen molar-refractivity contribution in [2.45, 2.75) is 31.3 Å². The van der Waals surface area contributed by atoms with Gasteiger partial charge in [0, 0.05) is 0 Å². The summed E-state index contributed by atoms with van der Waals surface area (Å²) in [4.78, 5) is 0.0872. The van der Waals surface area contributed by atoms with Crippen LogP contribution in [0.15, 0.2) is 29.2 Å². The summed E-state index contributed by atoms with van der Waals surface area (Å²) in [6, 6.07) is 6.17. The molecule has 1 heterocycles. The molecule has 0 aliphatic carbocycles. The van der Waals surface area contributed by atoms with Gasteiger partial charge in [0.05, 0.1) is 11.0 Å². The lowest BCUT2D eigenvalue weighted by molar-refractivity contribution is 0.199. The lowest BCUT2D eigenvalue weighted by Crippen LogP contribution is -2.13. The summed E-state index contributed by atoms with van der Waals surface area (Å²) < 4.78 is 26.8. The minimum Gasteiger partial charge on any atom is -0.389 e.